The molecule has 0 aromatic heterocycles. The molecule has 0 aliphatic heterocycles. The van der Waals surface area contributed by atoms with Gasteiger partial charge in [0.15, 0.2) is 0 Å². The van der Waals surface area contributed by atoms with Gasteiger partial charge in [-0.1, -0.05) is 25.1 Å². The van der Waals surface area contributed by atoms with Crippen molar-refractivity contribution in [3.05, 3.63) is 35.4 Å². The second-order valence-electron chi connectivity index (χ2n) is 5.11. The number of amides is 1. The number of benzene rings is 1. The van der Waals surface area contributed by atoms with Gasteiger partial charge in [0.05, 0.1) is 25.7 Å². The molecule has 5 nitrogen and oxygen atoms in total. The van der Waals surface area contributed by atoms with Crippen LogP contribution in [0.2, 0.25) is 0 Å². The predicted molar refractivity (Wildman–Crippen MR) is 84.6 cm³/mol. The third kappa shape index (κ3) is 4.84. The average molecular weight is 307 g/mol. The molecule has 5 heteroatoms. The smallest absolute Gasteiger partial charge is 0.307 e. The standard InChI is InChI=1S/C17H25NO4/c1-4-14(12-19)18(11-10-16(20)22-5-2)17(21)15-9-7-6-8-13(15)3/h6-9,14,19H,4-5,10-12H2,1-3H3. The zero-order valence-electron chi connectivity index (χ0n) is 13.5. The number of hydrogen-bond donors (Lipinski definition) is 1. The minimum Gasteiger partial charge on any atom is -0.466 e. The monoisotopic (exact) mass is 307 g/mol. The van der Waals surface area contributed by atoms with Crippen LogP contribution in [-0.4, -0.2) is 47.7 Å². The Morgan fingerprint density at radius 2 is 1.95 bits per heavy atom. The third-order valence-corrected chi connectivity index (χ3v) is 3.62. The van der Waals surface area contributed by atoms with Crippen molar-refractivity contribution in [3.8, 4) is 0 Å². The van der Waals surface area contributed by atoms with Crippen molar-refractivity contribution in [2.24, 2.45) is 0 Å². The summed E-state index contributed by atoms with van der Waals surface area (Å²) in [6.45, 7) is 5.96. The van der Waals surface area contributed by atoms with Gasteiger partial charge >= 0.3 is 5.97 Å². The molecule has 0 fully saturated rings. The van der Waals surface area contributed by atoms with Gasteiger partial charge in [-0.05, 0) is 31.9 Å². The van der Waals surface area contributed by atoms with E-state index in [0.717, 1.165) is 5.56 Å². The number of aliphatic hydroxyl groups excluding tert-OH is 1. The molecule has 0 heterocycles. The van der Waals surface area contributed by atoms with Crippen molar-refractivity contribution in [2.45, 2.75) is 39.7 Å². The fraction of sp³-hybridized carbons (Fsp3) is 0.529. The lowest BCUT2D eigenvalue weighted by molar-refractivity contribution is -0.143. The molecule has 1 rings (SSSR count). The quantitative estimate of drug-likeness (QED) is 0.747. The maximum atomic E-state index is 12.8. The Morgan fingerprint density at radius 3 is 2.50 bits per heavy atom. The van der Waals surface area contributed by atoms with Crippen molar-refractivity contribution in [3.63, 3.8) is 0 Å². The normalized spacial score (nSPS) is 11.8. The largest absolute Gasteiger partial charge is 0.466 e. The summed E-state index contributed by atoms with van der Waals surface area (Å²) in [5.41, 5.74) is 1.47. The van der Waals surface area contributed by atoms with Crippen molar-refractivity contribution in [1.82, 2.24) is 4.90 Å². The summed E-state index contributed by atoms with van der Waals surface area (Å²) < 4.78 is 4.91. The van der Waals surface area contributed by atoms with Crippen LogP contribution in [0.5, 0.6) is 0 Å². The fourth-order valence-corrected chi connectivity index (χ4v) is 2.31. The van der Waals surface area contributed by atoms with E-state index in [1.807, 2.05) is 32.0 Å². The summed E-state index contributed by atoms with van der Waals surface area (Å²) in [5, 5.41) is 9.52. The van der Waals surface area contributed by atoms with Gasteiger partial charge in [0.25, 0.3) is 5.91 Å². The number of hydrogen-bond acceptors (Lipinski definition) is 4. The molecule has 1 N–H and O–H groups in total. The molecule has 0 radical (unpaired) electrons. The van der Waals surface area contributed by atoms with E-state index >= 15 is 0 Å². The molecule has 0 bridgehead atoms. The SMILES string of the molecule is CCOC(=O)CCN(C(=O)c1ccccc1C)C(CC)CO. The van der Waals surface area contributed by atoms with Gasteiger partial charge in [-0.3, -0.25) is 9.59 Å². The van der Waals surface area contributed by atoms with E-state index in [1.165, 1.54) is 0 Å². The van der Waals surface area contributed by atoms with Gasteiger partial charge < -0.3 is 14.7 Å². The minimum atomic E-state index is -0.335. The average Bonchev–Trinajstić information content (AvgIpc) is 2.51. The van der Waals surface area contributed by atoms with Crippen LogP contribution in [0.25, 0.3) is 0 Å². The highest BCUT2D eigenvalue weighted by Gasteiger charge is 2.24. The molecule has 122 valence electrons. The molecule has 0 spiro atoms. The van der Waals surface area contributed by atoms with Crippen LogP contribution in [0.15, 0.2) is 24.3 Å². The minimum absolute atomic E-state index is 0.127. The Bertz CT molecular complexity index is 497. The number of esters is 1. The van der Waals surface area contributed by atoms with Gasteiger partial charge in [0.1, 0.15) is 0 Å². The summed E-state index contributed by atoms with van der Waals surface area (Å²) in [5.74, 6) is -0.499. The number of aliphatic hydroxyl groups is 1. The van der Waals surface area contributed by atoms with E-state index in [1.54, 1.807) is 17.9 Å². The topological polar surface area (TPSA) is 66.8 Å². The maximum Gasteiger partial charge on any atom is 0.307 e. The molecule has 1 atom stereocenters. The Hall–Kier alpha value is -1.88. The highest BCUT2D eigenvalue weighted by Crippen LogP contribution is 2.15. The van der Waals surface area contributed by atoms with E-state index in [2.05, 4.69) is 0 Å². The Labute approximate surface area is 131 Å². The van der Waals surface area contributed by atoms with Gasteiger partial charge in [0.2, 0.25) is 0 Å². The van der Waals surface area contributed by atoms with Crippen LogP contribution < -0.4 is 0 Å². The zero-order valence-corrected chi connectivity index (χ0v) is 13.5. The van der Waals surface area contributed by atoms with Crippen LogP contribution in [0.4, 0.5) is 0 Å². The molecule has 0 saturated carbocycles. The van der Waals surface area contributed by atoms with E-state index < -0.39 is 0 Å². The van der Waals surface area contributed by atoms with Gasteiger partial charge in [-0.15, -0.1) is 0 Å². The van der Waals surface area contributed by atoms with Crippen molar-refractivity contribution < 1.29 is 19.4 Å². The molecule has 1 amide bonds. The molecular weight excluding hydrogens is 282 g/mol. The summed E-state index contributed by atoms with van der Waals surface area (Å²) in [4.78, 5) is 25.9. The first-order valence-electron chi connectivity index (χ1n) is 7.68. The second kappa shape index (κ2) is 9.20. The first-order valence-corrected chi connectivity index (χ1v) is 7.68. The van der Waals surface area contributed by atoms with Gasteiger partial charge in [0, 0.05) is 12.1 Å². The van der Waals surface area contributed by atoms with E-state index in [9.17, 15) is 14.7 Å². The van der Waals surface area contributed by atoms with Crippen LogP contribution >= 0.6 is 0 Å². The second-order valence-corrected chi connectivity index (χ2v) is 5.11. The first-order chi connectivity index (χ1) is 10.5. The molecule has 1 unspecified atom stereocenters. The lowest BCUT2D eigenvalue weighted by atomic mass is 10.1. The van der Waals surface area contributed by atoms with E-state index in [-0.39, 0.29) is 37.5 Å². The van der Waals surface area contributed by atoms with Crippen molar-refractivity contribution in [2.75, 3.05) is 19.8 Å². The van der Waals surface area contributed by atoms with E-state index in [4.69, 9.17) is 4.74 Å². The summed E-state index contributed by atoms with van der Waals surface area (Å²) in [7, 11) is 0. The Morgan fingerprint density at radius 1 is 1.27 bits per heavy atom. The van der Waals surface area contributed by atoms with Gasteiger partial charge in [-0.25, -0.2) is 0 Å². The van der Waals surface area contributed by atoms with Crippen LogP contribution in [0.1, 0.15) is 42.6 Å². The number of rotatable bonds is 8. The molecule has 0 aliphatic carbocycles. The first kappa shape index (κ1) is 18.2. The van der Waals surface area contributed by atoms with Crippen LogP contribution in [-0.2, 0) is 9.53 Å². The van der Waals surface area contributed by atoms with Gasteiger partial charge in [-0.2, -0.15) is 0 Å². The number of aryl methyl sites for hydroxylation is 1. The molecule has 0 saturated heterocycles. The summed E-state index contributed by atoms with van der Waals surface area (Å²) in [6, 6.07) is 7.01. The van der Waals surface area contributed by atoms with Crippen molar-refractivity contribution in [1.29, 1.82) is 0 Å². The molecule has 1 aromatic rings. The Balaban J connectivity index is 2.92. The van der Waals surface area contributed by atoms with Crippen molar-refractivity contribution >= 4 is 11.9 Å². The Kier molecular flexibility index (Phi) is 7.60. The number of carbonyl (C=O) groups is 2. The predicted octanol–water partition coefficient (Wildman–Crippen LogP) is 2.16. The summed E-state index contributed by atoms with van der Waals surface area (Å²) in [6.07, 6.45) is 0.749. The van der Waals surface area contributed by atoms with Crippen LogP contribution in [0.3, 0.4) is 0 Å². The zero-order chi connectivity index (χ0) is 16.5. The third-order valence-electron chi connectivity index (χ3n) is 3.62. The molecule has 1 aromatic carbocycles. The summed E-state index contributed by atoms with van der Waals surface area (Å²) >= 11 is 0. The molecular formula is C17H25NO4. The number of nitrogens with zero attached hydrogens (tertiary/aromatic N) is 1. The van der Waals surface area contributed by atoms with E-state index in [0.29, 0.717) is 18.6 Å². The van der Waals surface area contributed by atoms with Crippen LogP contribution in [0, 0.1) is 6.92 Å². The highest BCUT2D eigenvalue weighted by molar-refractivity contribution is 5.96. The molecule has 22 heavy (non-hydrogen) atoms. The number of carbonyl (C=O) groups excluding carboxylic acids is 2. The highest BCUT2D eigenvalue weighted by atomic mass is 16.5. The maximum absolute atomic E-state index is 12.8. The molecule has 0 aliphatic rings. The lowest BCUT2D eigenvalue weighted by Gasteiger charge is -2.30. The number of ether oxygens (including phenoxy) is 1. The fourth-order valence-electron chi connectivity index (χ4n) is 2.31. The lowest BCUT2D eigenvalue weighted by Crippen LogP contribution is -2.43.